The van der Waals surface area contributed by atoms with E-state index in [0.717, 1.165) is 31.7 Å². The van der Waals surface area contributed by atoms with E-state index in [1.807, 2.05) is 27.0 Å². The number of ether oxygens (including phenoxy) is 2. The average Bonchev–Trinajstić information content (AvgIpc) is 3.18. The zero-order valence-corrected chi connectivity index (χ0v) is 16.4. The minimum atomic E-state index is -0.534. The number of nitrogens with one attached hydrogen (secondary N) is 1. The van der Waals surface area contributed by atoms with Gasteiger partial charge >= 0.3 is 0 Å². The highest BCUT2D eigenvalue weighted by Gasteiger charge is 2.35. The van der Waals surface area contributed by atoms with E-state index in [1.54, 1.807) is 4.68 Å². The fourth-order valence-corrected chi connectivity index (χ4v) is 3.94. The molecule has 2 aromatic rings. The maximum atomic E-state index is 14.1. The van der Waals surface area contributed by atoms with Crippen LogP contribution in [0.3, 0.4) is 0 Å². The van der Waals surface area contributed by atoms with Crippen LogP contribution in [-0.4, -0.2) is 46.9 Å². The molecule has 2 aliphatic rings. The third-order valence-electron chi connectivity index (χ3n) is 5.21. The molecule has 0 spiro atoms. The number of anilines is 2. The normalized spacial score (nSPS) is 21.4. The Bertz CT molecular complexity index is 898. The maximum absolute atomic E-state index is 14.1. The number of nitrogens with two attached hydrogens (primary N) is 1. The van der Waals surface area contributed by atoms with Crippen molar-refractivity contribution in [2.75, 3.05) is 23.7 Å². The maximum Gasteiger partial charge on any atom is 0.167 e. The van der Waals surface area contributed by atoms with Crippen molar-refractivity contribution < 1.29 is 13.9 Å². The summed E-state index contributed by atoms with van der Waals surface area (Å²) in [5, 5.41) is 13.1. The Hall–Kier alpha value is -2.61. The van der Waals surface area contributed by atoms with Crippen LogP contribution < -0.4 is 15.4 Å². The Morgan fingerprint density at radius 1 is 1.29 bits per heavy atom. The third kappa shape index (κ3) is 3.44. The molecule has 3 heterocycles. The van der Waals surface area contributed by atoms with Crippen LogP contribution in [0, 0.1) is 11.2 Å². The Morgan fingerprint density at radius 3 is 2.61 bits per heavy atom. The summed E-state index contributed by atoms with van der Waals surface area (Å²) in [6.45, 7) is 5.30. The zero-order valence-electron chi connectivity index (χ0n) is 16.4. The Kier molecular flexibility index (Phi) is 4.74. The van der Waals surface area contributed by atoms with Gasteiger partial charge in [0.2, 0.25) is 0 Å². The van der Waals surface area contributed by atoms with E-state index in [4.69, 9.17) is 20.6 Å². The van der Waals surface area contributed by atoms with E-state index in [0.29, 0.717) is 11.3 Å². The number of morpholine rings is 1. The van der Waals surface area contributed by atoms with Crippen LogP contribution in [-0.2, 0) is 11.8 Å². The molecule has 28 heavy (non-hydrogen) atoms. The van der Waals surface area contributed by atoms with Crippen LogP contribution in [0.2, 0.25) is 0 Å². The molecule has 3 N–H and O–H groups in total. The second-order valence-electron chi connectivity index (χ2n) is 7.79. The van der Waals surface area contributed by atoms with Gasteiger partial charge in [0.05, 0.1) is 24.0 Å². The molecular weight excluding hydrogens is 361 g/mol. The van der Waals surface area contributed by atoms with Gasteiger partial charge in [0.1, 0.15) is 11.5 Å². The van der Waals surface area contributed by atoms with Gasteiger partial charge in [-0.15, -0.1) is 0 Å². The van der Waals surface area contributed by atoms with Gasteiger partial charge in [-0.05, 0) is 32.8 Å². The molecule has 7 nitrogen and oxygen atoms in total. The summed E-state index contributed by atoms with van der Waals surface area (Å²) in [7, 11) is 1.87. The summed E-state index contributed by atoms with van der Waals surface area (Å²) < 4.78 is 27.3. The number of hydrogen-bond acceptors (Lipinski definition) is 6. The topological polar surface area (TPSA) is 89.4 Å². The highest BCUT2D eigenvalue weighted by molar-refractivity contribution is 6.13. The highest BCUT2D eigenvalue weighted by Crippen LogP contribution is 2.31. The van der Waals surface area contributed by atoms with E-state index in [9.17, 15) is 4.39 Å². The lowest BCUT2D eigenvalue weighted by Gasteiger charge is -2.33. The molecule has 2 atom stereocenters. The fourth-order valence-electron chi connectivity index (χ4n) is 3.94. The molecule has 150 valence electrons. The number of hydrogen-bond donors (Lipinski definition) is 2. The third-order valence-corrected chi connectivity index (χ3v) is 5.21. The van der Waals surface area contributed by atoms with Gasteiger partial charge in [0.15, 0.2) is 11.6 Å². The standard InChI is InChI=1S/C20H26FN5O2/c1-11(2)27-18-6-14(16(22)7-15(18)21)20(23)17-8-19(25(3)24-17)26-9-12-4-5-13(10-26)28-12/h6-8,11-13,23H,4-5,9-10,22H2,1-3H3. The van der Waals surface area contributed by atoms with Crippen LogP contribution in [0.4, 0.5) is 15.9 Å². The summed E-state index contributed by atoms with van der Waals surface area (Å²) in [6.07, 6.45) is 2.53. The largest absolute Gasteiger partial charge is 0.488 e. The molecule has 2 saturated heterocycles. The second kappa shape index (κ2) is 7.09. The van der Waals surface area contributed by atoms with Crippen molar-refractivity contribution in [2.45, 2.75) is 45.0 Å². The lowest BCUT2D eigenvalue weighted by atomic mass is 10.0. The minimum absolute atomic E-state index is 0.0878. The monoisotopic (exact) mass is 387 g/mol. The predicted molar refractivity (Wildman–Crippen MR) is 106 cm³/mol. The van der Waals surface area contributed by atoms with E-state index in [-0.39, 0.29) is 35.5 Å². The molecule has 2 aliphatic heterocycles. The molecule has 1 aromatic carbocycles. The predicted octanol–water partition coefficient (Wildman–Crippen LogP) is 2.71. The van der Waals surface area contributed by atoms with Crippen molar-refractivity contribution in [1.82, 2.24) is 9.78 Å². The summed E-state index contributed by atoms with van der Waals surface area (Å²) in [5.74, 6) is 0.498. The van der Waals surface area contributed by atoms with Gasteiger partial charge in [-0.1, -0.05) is 0 Å². The van der Waals surface area contributed by atoms with Crippen LogP contribution in [0.5, 0.6) is 5.75 Å². The first-order valence-corrected chi connectivity index (χ1v) is 9.61. The first-order chi connectivity index (χ1) is 13.3. The lowest BCUT2D eigenvalue weighted by Crippen LogP contribution is -2.43. The number of nitrogens with zero attached hydrogens (tertiary/aromatic N) is 3. The fraction of sp³-hybridized carbons (Fsp3) is 0.500. The zero-order chi connectivity index (χ0) is 20.0. The molecule has 0 saturated carbocycles. The highest BCUT2D eigenvalue weighted by atomic mass is 19.1. The molecule has 0 aliphatic carbocycles. The molecule has 2 bridgehead atoms. The van der Waals surface area contributed by atoms with E-state index in [1.165, 1.54) is 12.1 Å². The number of aryl methyl sites for hydroxylation is 1. The van der Waals surface area contributed by atoms with Gasteiger partial charge in [-0.25, -0.2) is 4.39 Å². The number of aromatic nitrogens is 2. The SMILES string of the molecule is CC(C)Oc1cc(C(=N)c2cc(N3CC4CCC(C3)O4)n(C)n2)c(N)cc1F. The Balaban J connectivity index is 1.62. The second-order valence-corrected chi connectivity index (χ2v) is 7.79. The minimum Gasteiger partial charge on any atom is -0.488 e. The number of benzene rings is 1. The quantitative estimate of drug-likeness (QED) is 0.608. The molecular formula is C20H26FN5O2. The van der Waals surface area contributed by atoms with E-state index in [2.05, 4.69) is 10.00 Å². The van der Waals surface area contributed by atoms with Crippen LogP contribution in [0.1, 0.15) is 37.9 Å². The number of fused-ring (bicyclic) bond motifs is 2. The van der Waals surface area contributed by atoms with E-state index < -0.39 is 5.82 Å². The smallest absolute Gasteiger partial charge is 0.167 e. The molecule has 2 unspecified atom stereocenters. The summed E-state index contributed by atoms with van der Waals surface area (Å²) >= 11 is 0. The lowest BCUT2D eigenvalue weighted by molar-refractivity contribution is 0.0300. The van der Waals surface area contributed by atoms with Gasteiger partial charge in [-0.2, -0.15) is 5.10 Å². The van der Waals surface area contributed by atoms with Crippen molar-refractivity contribution in [3.05, 3.63) is 35.3 Å². The Labute approximate surface area is 163 Å². The molecule has 1 aromatic heterocycles. The summed E-state index contributed by atoms with van der Waals surface area (Å²) in [5.41, 5.74) is 7.22. The van der Waals surface area contributed by atoms with Gasteiger partial charge in [0.25, 0.3) is 0 Å². The number of rotatable bonds is 5. The first-order valence-electron chi connectivity index (χ1n) is 9.61. The van der Waals surface area contributed by atoms with Crippen molar-refractivity contribution >= 4 is 17.2 Å². The Morgan fingerprint density at radius 2 is 1.96 bits per heavy atom. The van der Waals surface area contributed by atoms with Crippen molar-refractivity contribution in [3.63, 3.8) is 0 Å². The van der Waals surface area contributed by atoms with Crippen molar-refractivity contribution in [3.8, 4) is 5.75 Å². The molecule has 0 radical (unpaired) electrons. The molecule has 8 heteroatoms. The van der Waals surface area contributed by atoms with Crippen LogP contribution in [0.15, 0.2) is 18.2 Å². The number of nitrogen functional groups attached to an aromatic ring is 1. The van der Waals surface area contributed by atoms with Gasteiger partial charge in [-0.3, -0.25) is 10.1 Å². The van der Waals surface area contributed by atoms with Crippen LogP contribution >= 0.6 is 0 Å². The molecule has 4 rings (SSSR count). The van der Waals surface area contributed by atoms with Crippen molar-refractivity contribution in [2.24, 2.45) is 7.05 Å². The number of halogens is 1. The van der Waals surface area contributed by atoms with E-state index >= 15 is 0 Å². The molecule has 0 amide bonds. The van der Waals surface area contributed by atoms with Gasteiger partial charge in [0, 0.05) is 43.5 Å². The van der Waals surface area contributed by atoms with Gasteiger partial charge < -0.3 is 20.1 Å². The van der Waals surface area contributed by atoms with Crippen LogP contribution in [0.25, 0.3) is 0 Å². The average molecular weight is 387 g/mol. The summed E-state index contributed by atoms with van der Waals surface area (Å²) in [6, 6.07) is 4.57. The first kappa shape index (κ1) is 18.7. The molecule has 2 fully saturated rings. The summed E-state index contributed by atoms with van der Waals surface area (Å²) in [4.78, 5) is 2.26. The van der Waals surface area contributed by atoms with Crippen molar-refractivity contribution in [1.29, 1.82) is 5.41 Å².